The highest BCUT2D eigenvalue weighted by Crippen LogP contribution is 2.23. The summed E-state index contributed by atoms with van der Waals surface area (Å²) in [6.45, 7) is 4.56. The Morgan fingerprint density at radius 2 is 1.47 bits per heavy atom. The van der Waals surface area contributed by atoms with E-state index in [9.17, 15) is 0 Å². The van der Waals surface area contributed by atoms with Gasteiger partial charge < -0.3 is 10.5 Å². The Hall–Kier alpha value is -1.64. The van der Waals surface area contributed by atoms with Crippen LogP contribution in [0, 0.1) is 0 Å². The van der Waals surface area contributed by atoms with Crippen molar-refractivity contribution >= 4 is 0 Å². The molecule has 2 rings (SSSR count). The van der Waals surface area contributed by atoms with Gasteiger partial charge in [-0.3, -0.25) is 0 Å². The monoisotopic (exact) mass is 255 g/mol. The maximum absolute atomic E-state index is 5.81. The molecule has 1 unspecified atom stereocenters. The van der Waals surface area contributed by atoms with Crippen molar-refractivity contribution in [2.45, 2.75) is 26.1 Å². The van der Waals surface area contributed by atoms with Gasteiger partial charge in [0.2, 0.25) is 0 Å². The Morgan fingerprint density at radius 1 is 0.895 bits per heavy atom. The van der Waals surface area contributed by atoms with Gasteiger partial charge in [-0.1, -0.05) is 54.6 Å². The predicted octanol–water partition coefficient (Wildman–Crippen LogP) is 3.78. The summed E-state index contributed by atoms with van der Waals surface area (Å²) >= 11 is 0. The van der Waals surface area contributed by atoms with Gasteiger partial charge >= 0.3 is 0 Å². The van der Waals surface area contributed by atoms with Crippen molar-refractivity contribution in [2.75, 3.05) is 6.54 Å². The highest BCUT2D eigenvalue weighted by atomic mass is 16.5. The first-order valence-corrected chi connectivity index (χ1v) is 6.71. The van der Waals surface area contributed by atoms with Gasteiger partial charge in [-0.25, -0.2) is 0 Å². The number of nitrogens with two attached hydrogens (primary N) is 1. The lowest BCUT2D eigenvalue weighted by Crippen LogP contribution is -2.19. The summed E-state index contributed by atoms with van der Waals surface area (Å²) in [7, 11) is 0. The van der Waals surface area contributed by atoms with E-state index in [2.05, 4.69) is 36.4 Å². The van der Waals surface area contributed by atoms with Gasteiger partial charge in [0.1, 0.15) is 0 Å². The minimum absolute atomic E-state index is 0.0233. The van der Waals surface area contributed by atoms with Crippen LogP contribution in [0.25, 0.3) is 11.1 Å². The van der Waals surface area contributed by atoms with Gasteiger partial charge in [-0.2, -0.15) is 0 Å². The summed E-state index contributed by atoms with van der Waals surface area (Å²) < 4.78 is 5.81. The molecular weight excluding hydrogens is 234 g/mol. The third-order valence-corrected chi connectivity index (χ3v) is 3.04. The fourth-order valence-corrected chi connectivity index (χ4v) is 2.12. The molecule has 2 heteroatoms. The standard InChI is InChI=1S/C17H21NO/c1-13(2)19-17(12-18)16-10-8-15(9-11-16)14-6-4-3-5-7-14/h3-11,13,17H,12,18H2,1-2H3. The zero-order chi connectivity index (χ0) is 13.7. The number of rotatable bonds is 5. The molecule has 0 radical (unpaired) electrons. The molecule has 0 fully saturated rings. The van der Waals surface area contributed by atoms with Crippen molar-refractivity contribution in [2.24, 2.45) is 5.73 Å². The largest absolute Gasteiger partial charge is 0.370 e. The quantitative estimate of drug-likeness (QED) is 0.882. The SMILES string of the molecule is CC(C)OC(CN)c1ccc(-c2ccccc2)cc1. The van der Waals surface area contributed by atoms with Gasteiger partial charge in [0.05, 0.1) is 12.2 Å². The number of ether oxygens (including phenoxy) is 1. The second-order valence-electron chi connectivity index (χ2n) is 4.90. The summed E-state index contributed by atoms with van der Waals surface area (Å²) in [6.07, 6.45) is 0.159. The van der Waals surface area contributed by atoms with E-state index >= 15 is 0 Å². The van der Waals surface area contributed by atoms with E-state index < -0.39 is 0 Å². The smallest absolute Gasteiger partial charge is 0.0950 e. The normalized spacial score (nSPS) is 12.6. The van der Waals surface area contributed by atoms with Crippen molar-refractivity contribution in [1.29, 1.82) is 0 Å². The van der Waals surface area contributed by atoms with Gasteiger partial charge in [0, 0.05) is 6.54 Å². The van der Waals surface area contributed by atoms with Gasteiger partial charge in [0.25, 0.3) is 0 Å². The minimum atomic E-state index is -0.0233. The maximum atomic E-state index is 5.81. The van der Waals surface area contributed by atoms with Crippen LogP contribution in [0.5, 0.6) is 0 Å². The maximum Gasteiger partial charge on any atom is 0.0950 e. The third kappa shape index (κ3) is 3.66. The number of hydrogen-bond donors (Lipinski definition) is 1. The van der Waals surface area contributed by atoms with Crippen LogP contribution in [0.1, 0.15) is 25.5 Å². The van der Waals surface area contributed by atoms with E-state index in [4.69, 9.17) is 10.5 Å². The average molecular weight is 255 g/mol. The highest BCUT2D eigenvalue weighted by Gasteiger charge is 2.11. The number of benzene rings is 2. The molecule has 0 heterocycles. The molecule has 0 aliphatic heterocycles. The van der Waals surface area contributed by atoms with Crippen LogP contribution in [-0.4, -0.2) is 12.6 Å². The van der Waals surface area contributed by atoms with E-state index in [0.717, 1.165) is 5.56 Å². The van der Waals surface area contributed by atoms with Crippen LogP contribution >= 0.6 is 0 Å². The van der Waals surface area contributed by atoms with Crippen LogP contribution in [0.15, 0.2) is 54.6 Å². The van der Waals surface area contributed by atoms with Crippen molar-refractivity contribution in [3.05, 3.63) is 60.2 Å². The first kappa shape index (κ1) is 13.8. The van der Waals surface area contributed by atoms with Gasteiger partial charge in [-0.05, 0) is 30.5 Å². The third-order valence-electron chi connectivity index (χ3n) is 3.04. The second-order valence-corrected chi connectivity index (χ2v) is 4.90. The van der Waals surface area contributed by atoms with Gasteiger partial charge in [-0.15, -0.1) is 0 Å². The van der Waals surface area contributed by atoms with Crippen molar-refractivity contribution in [3.63, 3.8) is 0 Å². The van der Waals surface area contributed by atoms with Crippen molar-refractivity contribution in [1.82, 2.24) is 0 Å². The second kappa shape index (κ2) is 6.50. The molecule has 0 aliphatic rings. The molecule has 1 atom stereocenters. The van der Waals surface area contributed by atoms with Crippen LogP contribution < -0.4 is 5.73 Å². The van der Waals surface area contributed by atoms with Crippen LogP contribution in [-0.2, 0) is 4.74 Å². The summed E-state index contributed by atoms with van der Waals surface area (Å²) in [4.78, 5) is 0. The molecule has 0 saturated carbocycles. The molecule has 0 amide bonds. The van der Waals surface area contributed by atoms with Crippen molar-refractivity contribution in [3.8, 4) is 11.1 Å². The zero-order valence-electron chi connectivity index (χ0n) is 11.5. The van der Waals surface area contributed by atoms with E-state index in [1.807, 2.05) is 32.0 Å². The van der Waals surface area contributed by atoms with Crippen molar-refractivity contribution < 1.29 is 4.74 Å². The molecule has 2 N–H and O–H groups in total. The van der Waals surface area contributed by atoms with E-state index in [1.165, 1.54) is 11.1 Å². The topological polar surface area (TPSA) is 35.2 Å². The Kier molecular flexibility index (Phi) is 4.72. The summed E-state index contributed by atoms with van der Waals surface area (Å²) in [6, 6.07) is 18.8. The Balaban J connectivity index is 2.18. The Morgan fingerprint density at radius 3 is 2.00 bits per heavy atom. The molecule has 2 aromatic rings. The lowest BCUT2D eigenvalue weighted by atomic mass is 10.0. The molecule has 0 aliphatic carbocycles. The van der Waals surface area contributed by atoms with E-state index in [1.54, 1.807) is 0 Å². The molecular formula is C17H21NO. The first-order chi connectivity index (χ1) is 9.20. The minimum Gasteiger partial charge on any atom is -0.370 e. The zero-order valence-corrected chi connectivity index (χ0v) is 11.5. The first-order valence-electron chi connectivity index (χ1n) is 6.71. The Labute approximate surface area is 115 Å². The Bertz CT molecular complexity index is 490. The molecule has 0 bridgehead atoms. The average Bonchev–Trinajstić information content (AvgIpc) is 2.46. The molecule has 0 saturated heterocycles. The van der Waals surface area contributed by atoms with Crippen LogP contribution in [0.3, 0.4) is 0 Å². The van der Waals surface area contributed by atoms with Gasteiger partial charge in [0.15, 0.2) is 0 Å². The number of hydrogen-bond acceptors (Lipinski definition) is 2. The predicted molar refractivity (Wildman–Crippen MR) is 79.9 cm³/mol. The van der Waals surface area contributed by atoms with Crippen LogP contribution in [0.2, 0.25) is 0 Å². The lowest BCUT2D eigenvalue weighted by Gasteiger charge is -2.19. The fraction of sp³-hybridized carbons (Fsp3) is 0.294. The van der Waals surface area contributed by atoms with Crippen LogP contribution in [0.4, 0.5) is 0 Å². The molecule has 2 nitrogen and oxygen atoms in total. The molecule has 0 spiro atoms. The van der Waals surface area contributed by atoms with E-state index in [0.29, 0.717) is 6.54 Å². The summed E-state index contributed by atoms with van der Waals surface area (Å²) in [5, 5.41) is 0. The summed E-state index contributed by atoms with van der Waals surface area (Å²) in [5.74, 6) is 0. The molecule has 100 valence electrons. The fourth-order valence-electron chi connectivity index (χ4n) is 2.12. The molecule has 0 aromatic heterocycles. The lowest BCUT2D eigenvalue weighted by molar-refractivity contribution is 0.0120. The van der Waals surface area contributed by atoms with E-state index in [-0.39, 0.29) is 12.2 Å². The highest BCUT2D eigenvalue weighted by molar-refractivity contribution is 5.63. The molecule has 19 heavy (non-hydrogen) atoms. The molecule has 2 aromatic carbocycles. The summed E-state index contributed by atoms with van der Waals surface area (Å²) in [5.41, 5.74) is 9.35.